The number of carbonyl (C=O) groups excluding carboxylic acids is 1. The summed E-state index contributed by atoms with van der Waals surface area (Å²) in [5, 5.41) is 8.08. The maximum atomic E-state index is 11.3. The zero-order valence-electron chi connectivity index (χ0n) is 12.4. The van der Waals surface area contributed by atoms with Gasteiger partial charge in [-0.05, 0) is 43.3 Å². The van der Waals surface area contributed by atoms with Gasteiger partial charge in [0.15, 0.2) is 12.0 Å². The number of benzene rings is 2. The van der Waals surface area contributed by atoms with Crippen LogP contribution in [0.5, 0.6) is 5.75 Å². The third-order valence-corrected chi connectivity index (χ3v) is 3.45. The Morgan fingerprint density at radius 2 is 1.73 bits per heavy atom. The zero-order valence-corrected chi connectivity index (χ0v) is 12.4. The third kappa shape index (κ3) is 2.48. The Morgan fingerprint density at radius 3 is 2.32 bits per heavy atom. The summed E-state index contributed by atoms with van der Waals surface area (Å²) in [6.07, 6.45) is 0.719. The number of aldehydes is 1. The van der Waals surface area contributed by atoms with Gasteiger partial charge in [0.2, 0.25) is 0 Å². The van der Waals surface area contributed by atoms with Gasteiger partial charge in [-0.25, -0.2) is 4.68 Å². The van der Waals surface area contributed by atoms with Gasteiger partial charge in [0.1, 0.15) is 11.4 Å². The van der Waals surface area contributed by atoms with Gasteiger partial charge in [-0.15, -0.1) is 5.10 Å². The van der Waals surface area contributed by atoms with E-state index in [9.17, 15) is 4.79 Å². The Labute approximate surface area is 128 Å². The summed E-state index contributed by atoms with van der Waals surface area (Å²) in [5.41, 5.74) is 3.85. The minimum Gasteiger partial charge on any atom is -0.497 e. The summed E-state index contributed by atoms with van der Waals surface area (Å²) in [6.45, 7) is 2.02. The van der Waals surface area contributed by atoms with Crippen molar-refractivity contribution in [3.63, 3.8) is 0 Å². The first-order chi connectivity index (χ1) is 10.7. The monoisotopic (exact) mass is 293 g/mol. The van der Waals surface area contributed by atoms with Crippen molar-refractivity contribution in [2.75, 3.05) is 7.11 Å². The van der Waals surface area contributed by atoms with Crippen molar-refractivity contribution in [2.45, 2.75) is 6.92 Å². The van der Waals surface area contributed by atoms with Crippen LogP contribution in [0.2, 0.25) is 0 Å². The van der Waals surface area contributed by atoms with Gasteiger partial charge in [-0.1, -0.05) is 22.9 Å². The van der Waals surface area contributed by atoms with Crippen LogP contribution in [-0.2, 0) is 0 Å². The molecule has 2 aromatic carbocycles. The second-order valence-corrected chi connectivity index (χ2v) is 4.92. The molecule has 0 unspecified atom stereocenters. The lowest BCUT2D eigenvalue weighted by molar-refractivity contribution is 0.111. The number of ether oxygens (including phenoxy) is 1. The van der Waals surface area contributed by atoms with Crippen molar-refractivity contribution in [1.82, 2.24) is 15.0 Å². The molecular formula is C17H15N3O2. The number of aromatic nitrogens is 3. The molecule has 3 aromatic rings. The molecule has 0 saturated carbocycles. The van der Waals surface area contributed by atoms with Gasteiger partial charge < -0.3 is 4.74 Å². The van der Waals surface area contributed by atoms with Crippen LogP contribution in [0.15, 0.2) is 48.5 Å². The molecule has 0 spiro atoms. The fourth-order valence-corrected chi connectivity index (χ4v) is 2.26. The molecule has 0 saturated heterocycles. The van der Waals surface area contributed by atoms with Gasteiger partial charge in [0, 0.05) is 5.56 Å². The number of carbonyl (C=O) groups is 1. The highest BCUT2D eigenvalue weighted by atomic mass is 16.5. The summed E-state index contributed by atoms with van der Waals surface area (Å²) < 4.78 is 6.84. The molecule has 110 valence electrons. The average molecular weight is 293 g/mol. The second-order valence-electron chi connectivity index (χ2n) is 4.92. The Hall–Kier alpha value is -2.95. The van der Waals surface area contributed by atoms with E-state index in [0.717, 1.165) is 28.8 Å². The number of hydrogen-bond acceptors (Lipinski definition) is 4. The van der Waals surface area contributed by atoms with Crippen LogP contribution in [0.4, 0.5) is 0 Å². The van der Waals surface area contributed by atoms with Crippen LogP contribution in [-0.4, -0.2) is 28.4 Å². The number of rotatable bonds is 4. The molecule has 0 radical (unpaired) electrons. The number of aryl methyl sites for hydroxylation is 1. The molecule has 5 nitrogen and oxygen atoms in total. The van der Waals surface area contributed by atoms with Crippen molar-refractivity contribution in [1.29, 1.82) is 0 Å². The molecular weight excluding hydrogens is 278 g/mol. The highest BCUT2D eigenvalue weighted by molar-refractivity contribution is 5.84. The van der Waals surface area contributed by atoms with Crippen molar-refractivity contribution >= 4 is 6.29 Å². The molecule has 0 amide bonds. The minimum absolute atomic E-state index is 0.311. The van der Waals surface area contributed by atoms with Crippen LogP contribution < -0.4 is 4.74 Å². The maximum Gasteiger partial charge on any atom is 0.172 e. The van der Waals surface area contributed by atoms with Crippen LogP contribution >= 0.6 is 0 Å². The minimum atomic E-state index is 0.311. The number of nitrogens with zero attached hydrogens (tertiary/aromatic N) is 3. The smallest absolute Gasteiger partial charge is 0.172 e. The Morgan fingerprint density at radius 1 is 1.05 bits per heavy atom. The average Bonchev–Trinajstić information content (AvgIpc) is 2.99. The largest absolute Gasteiger partial charge is 0.497 e. The van der Waals surface area contributed by atoms with Crippen molar-refractivity contribution < 1.29 is 9.53 Å². The number of methoxy groups -OCH3 is 1. The van der Waals surface area contributed by atoms with Gasteiger partial charge in [0.05, 0.1) is 12.8 Å². The predicted octanol–water partition coefficient (Wildman–Crippen LogP) is 3.06. The molecule has 0 atom stereocenters. The molecule has 0 aliphatic rings. The van der Waals surface area contributed by atoms with E-state index >= 15 is 0 Å². The Balaban J connectivity index is 2.14. The van der Waals surface area contributed by atoms with E-state index < -0.39 is 0 Å². The summed E-state index contributed by atoms with van der Waals surface area (Å²) in [7, 11) is 1.62. The quantitative estimate of drug-likeness (QED) is 0.694. The fraction of sp³-hybridized carbons (Fsp3) is 0.118. The molecule has 0 bridgehead atoms. The lowest BCUT2D eigenvalue weighted by atomic mass is 10.1. The first-order valence-corrected chi connectivity index (χ1v) is 6.85. The van der Waals surface area contributed by atoms with Crippen LogP contribution in [0.25, 0.3) is 16.9 Å². The number of hydrogen-bond donors (Lipinski definition) is 0. The summed E-state index contributed by atoms with van der Waals surface area (Å²) >= 11 is 0. The SMILES string of the molecule is COc1ccc(-c2c(C=O)nnn2-c2ccc(C)cc2)cc1. The highest BCUT2D eigenvalue weighted by Gasteiger charge is 2.15. The van der Waals surface area contributed by atoms with E-state index in [0.29, 0.717) is 11.4 Å². The van der Waals surface area contributed by atoms with Gasteiger partial charge in [-0.2, -0.15) is 0 Å². The second kappa shape index (κ2) is 5.81. The van der Waals surface area contributed by atoms with Gasteiger partial charge >= 0.3 is 0 Å². The highest BCUT2D eigenvalue weighted by Crippen LogP contribution is 2.26. The van der Waals surface area contributed by atoms with Gasteiger partial charge in [0.25, 0.3) is 0 Å². The van der Waals surface area contributed by atoms with Crippen LogP contribution in [0.1, 0.15) is 16.1 Å². The third-order valence-electron chi connectivity index (χ3n) is 3.45. The van der Waals surface area contributed by atoms with E-state index in [-0.39, 0.29) is 0 Å². The predicted molar refractivity (Wildman–Crippen MR) is 83.5 cm³/mol. The molecule has 0 N–H and O–H groups in total. The first-order valence-electron chi connectivity index (χ1n) is 6.85. The van der Waals surface area contributed by atoms with E-state index in [1.54, 1.807) is 11.8 Å². The molecule has 22 heavy (non-hydrogen) atoms. The molecule has 1 heterocycles. The molecule has 0 aliphatic carbocycles. The lowest BCUT2D eigenvalue weighted by Crippen LogP contribution is -2.00. The van der Waals surface area contributed by atoms with Crippen molar-refractivity contribution in [3.05, 3.63) is 59.8 Å². The van der Waals surface area contributed by atoms with Crippen molar-refractivity contribution in [3.8, 4) is 22.7 Å². The lowest BCUT2D eigenvalue weighted by Gasteiger charge is -2.08. The van der Waals surface area contributed by atoms with E-state index in [1.807, 2.05) is 55.5 Å². The topological polar surface area (TPSA) is 57.0 Å². The Kier molecular flexibility index (Phi) is 3.70. The fourth-order valence-electron chi connectivity index (χ4n) is 2.26. The zero-order chi connectivity index (χ0) is 15.5. The maximum absolute atomic E-state index is 11.3. The van der Waals surface area contributed by atoms with Crippen LogP contribution in [0, 0.1) is 6.92 Å². The summed E-state index contributed by atoms with van der Waals surface area (Å²) in [5.74, 6) is 0.755. The van der Waals surface area contributed by atoms with E-state index in [4.69, 9.17) is 4.74 Å². The van der Waals surface area contributed by atoms with Crippen molar-refractivity contribution in [2.24, 2.45) is 0 Å². The molecule has 1 aromatic heterocycles. The first kappa shape index (κ1) is 14.0. The molecule has 0 aliphatic heterocycles. The van der Waals surface area contributed by atoms with Gasteiger partial charge in [-0.3, -0.25) is 4.79 Å². The summed E-state index contributed by atoms with van der Waals surface area (Å²) in [6, 6.07) is 15.3. The van der Waals surface area contributed by atoms with E-state index in [1.165, 1.54) is 0 Å². The molecule has 5 heteroatoms. The molecule has 0 fully saturated rings. The van der Waals surface area contributed by atoms with E-state index in [2.05, 4.69) is 10.3 Å². The van der Waals surface area contributed by atoms with Crippen LogP contribution in [0.3, 0.4) is 0 Å². The normalized spacial score (nSPS) is 10.5. The Bertz CT molecular complexity index is 790. The summed E-state index contributed by atoms with van der Waals surface area (Å²) in [4.78, 5) is 11.3. The standard InChI is InChI=1S/C17H15N3O2/c1-12-3-7-14(8-4-12)20-17(16(11-21)18-19-20)13-5-9-15(22-2)10-6-13/h3-11H,1-2H3. The molecule has 3 rings (SSSR count).